The minimum Gasteiger partial charge on any atom is -0.495 e. The van der Waals surface area contributed by atoms with Gasteiger partial charge in [0.05, 0.1) is 18.4 Å². The number of carbonyl (C=O) groups is 1. The Morgan fingerprint density at radius 3 is 2.61 bits per heavy atom. The Morgan fingerprint density at radius 2 is 1.89 bits per heavy atom. The van der Waals surface area contributed by atoms with Gasteiger partial charge >= 0.3 is 0 Å². The highest BCUT2D eigenvalue weighted by atomic mass is 35.5. The van der Waals surface area contributed by atoms with Crippen molar-refractivity contribution in [1.29, 1.82) is 0 Å². The first-order valence-electron chi connectivity index (χ1n) is 9.29. The molecule has 1 aliphatic heterocycles. The number of amides is 1. The number of hydrogen-bond donors (Lipinski definition) is 1. The minimum absolute atomic E-state index is 0.123. The second-order valence-electron chi connectivity index (χ2n) is 6.58. The highest BCUT2D eigenvalue weighted by Gasteiger charge is 2.19. The fraction of sp³-hybridized carbons (Fsp3) is 0.400. The zero-order valence-electron chi connectivity index (χ0n) is 15.8. The summed E-state index contributed by atoms with van der Waals surface area (Å²) >= 11 is 11.7. The molecule has 1 N–H and O–H groups in total. The van der Waals surface area contributed by atoms with Crippen LogP contribution in [0.15, 0.2) is 36.4 Å². The second kappa shape index (κ2) is 9.96. The van der Waals surface area contributed by atoms with Crippen molar-refractivity contribution in [3.8, 4) is 5.75 Å². The average Bonchev–Trinajstić information content (AvgIpc) is 2.71. The number of carbonyl (C=O) groups excluding carboxylic acids is 1. The van der Waals surface area contributed by atoms with E-state index in [1.54, 1.807) is 19.2 Å². The van der Waals surface area contributed by atoms with Crippen LogP contribution in [0.4, 0.5) is 5.69 Å². The van der Waals surface area contributed by atoms with Crippen molar-refractivity contribution in [1.82, 2.24) is 15.2 Å². The zero-order valence-corrected chi connectivity index (χ0v) is 17.3. The van der Waals surface area contributed by atoms with E-state index in [9.17, 15) is 4.79 Å². The Labute approximate surface area is 175 Å². The van der Waals surface area contributed by atoms with Crippen molar-refractivity contribution >= 4 is 34.8 Å². The first-order chi connectivity index (χ1) is 13.6. The van der Waals surface area contributed by atoms with Gasteiger partial charge in [0.1, 0.15) is 16.1 Å². The van der Waals surface area contributed by atoms with Crippen LogP contribution in [0.3, 0.4) is 0 Å². The number of para-hydroxylation sites is 2. The lowest BCUT2D eigenvalue weighted by atomic mass is 10.2. The highest BCUT2D eigenvalue weighted by molar-refractivity contribution is 6.34. The van der Waals surface area contributed by atoms with Gasteiger partial charge in [-0.25, -0.2) is 4.98 Å². The van der Waals surface area contributed by atoms with Crippen molar-refractivity contribution in [3.05, 3.63) is 52.3 Å². The summed E-state index contributed by atoms with van der Waals surface area (Å²) in [7, 11) is 1.71. The van der Waals surface area contributed by atoms with Crippen molar-refractivity contribution in [2.75, 3.05) is 51.3 Å². The van der Waals surface area contributed by atoms with Crippen molar-refractivity contribution in [2.24, 2.45) is 0 Å². The number of anilines is 1. The van der Waals surface area contributed by atoms with E-state index in [4.69, 9.17) is 27.9 Å². The quantitative estimate of drug-likeness (QED) is 0.547. The van der Waals surface area contributed by atoms with E-state index in [2.05, 4.69) is 26.2 Å². The van der Waals surface area contributed by atoms with Crippen molar-refractivity contribution < 1.29 is 9.53 Å². The number of halogens is 2. The zero-order chi connectivity index (χ0) is 19.9. The Morgan fingerprint density at radius 1 is 1.14 bits per heavy atom. The summed E-state index contributed by atoms with van der Waals surface area (Å²) in [6.07, 6.45) is 0.874. The molecule has 1 saturated heterocycles. The van der Waals surface area contributed by atoms with Gasteiger partial charge in [-0.05, 0) is 37.2 Å². The number of aromatic nitrogens is 1. The molecule has 0 radical (unpaired) electrons. The molecule has 1 fully saturated rings. The van der Waals surface area contributed by atoms with Gasteiger partial charge in [0.15, 0.2) is 0 Å². The molecular weight excluding hydrogens is 399 g/mol. The predicted octanol–water partition coefficient (Wildman–Crippen LogP) is 3.34. The molecule has 1 amide bonds. The van der Waals surface area contributed by atoms with Gasteiger partial charge in [-0.3, -0.25) is 9.69 Å². The Kier molecular flexibility index (Phi) is 7.36. The molecule has 1 aromatic heterocycles. The van der Waals surface area contributed by atoms with Crippen LogP contribution in [-0.2, 0) is 0 Å². The van der Waals surface area contributed by atoms with Crippen LogP contribution < -0.4 is 15.0 Å². The van der Waals surface area contributed by atoms with Gasteiger partial charge in [-0.15, -0.1) is 0 Å². The van der Waals surface area contributed by atoms with E-state index in [1.165, 1.54) is 0 Å². The fourth-order valence-corrected chi connectivity index (χ4v) is 3.72. The summed E-state index contributed by atoms with van der Waals surface area (Å²) in [5, 5.41) is 3.28. The molecule has 2 heterocycles. The Bertz CT molecular complexity index is 811. The van der Waals surface area contributed by atoms with Gasteiger partial charge in [-0.2, -0.15) is 0 Å². The lowest BCUT2D eigenvalue weighted by Crippen LogP contribution is -2.47. The molecule has 0 spiro atoms. The molecular formula is C20H24Cl2N4O2. The highest BCUT2D eigenvalue weighted by Crippen LogP contribution is 2.28. The number of methoxy groups -OCH3 is 1. The number of piperazine rings is 1. The Balaban J connectivity index is 1.39. The lowest BCUT2D eigenvalue weighted by Gasteiger charge is -2.36. The maximum atomic E-state index is 12.2. The third kappa shape index (κ3) is 5.28. The van der Waals surface area contributed by atoms with Gasteiger partial charge in [0, 0.05) is 32.7 Å². The van der Waals surface area contributed by atoms with E-state index in [0.717, 1.165) is 50.6 Å². The molecule has 2 aromatic rings. The monoisotopic (exact) mass is 422 g/mol. The molecule has 8 heteroatoms. The van der Waals surface area contributed by atoms with E-state index >= 15 is 0 Å². The summed E-state index contributed by atoms with van der Waals surface area (Å²) in [5.41, 5.74) is 1.49. The first kappa shape index (κ1) is 20.7. The van der Waals surface area contributed by atoms with Gasteiger partial charge in [-0.1, -0.05) is 35.3 Å². The maximum absolute atomic E-state index is 12.2. The maximum Gasteiger partial charge on any atom is 0.254 e. The largest absolute Gasteiger partial charge is 0.495 e. The molecule has 6 nitrogen and oxygen atoms in total. The molecule has 0 atom stereocenters. The Hall–Kier alpha value is -2.02. The first-order valence-corrected chi connectivity index (χ1v) is 10.0. The van der Waals surface area contributed by atoms with E-state index in [1.807, 2.05) is 18.2 Å². The normalized spacial score (nSPS) is 14.8. The second-order valence-corrected chi connectivity index (χ2v) is 7.33. The van der Waals surface area contributed by atoms with Crippen LogP contribution in [0, 0.1) is 0 Å². The van der Waals surface area contributed by atoms with Crippen LogP contribution in [0.25, 0.3) is 0 Å². The molecule has 28 heavy (non-hydrogen) atoms. The van der Waals surface area contributed by atoms with Crippen LogP contribution >= 0.6 is 23.2 Å². The molecule has 1 aliphatic rings. The van der Waals surface area contributed by atoms with E-state index in [0.29, 0.717) is 12.1 Å². The number of pyridine rings is 1. The molecule has 0 aliphatic carbocycles. The molecule has 150 valence electrons. The fourth-order valence-electron chi connectivity index (χ4n) is 3.28. The average molecular weight is 423 g/mol. The number of ether oxygens (including phenoxy) is 1. The summed E-state index contributed by atoms with van der Waals surface area (Å²) in [6.45, 7) is 5.41. The predicted molar refractivity (Wildman–Crippen MR) is 113 cm³/mol. The standard InChI is InChI=1S/C20H24Cl2N4O2/c1-28-17-6-3-2-5-16(17)26-13-11-25(12-14-26)10-4-9-23-20(27)15-7-8-18(21)24-19(15)22/h2-3,5-8H,4,9-14H2,1H3,(H,23,27). The SMILES string of the molecule is COc1ccccc1N1CCN(CCCNC(=O)c2ccc(Cl)nc2Cl)CC1. The summed E-state index contributed by atoms with van der Waals surface area (Å²) in [4.78, 5) is 20.8. The summed E-state index contributed by atoms with van der Waals surface area (Å²) in [6, 6.07) is 11.3. The number of benzene rings is 1. The molecule has 0 bridgehead atoms. The smallest absolute Gasteiger partial charge is 0.254 e. The van der Waals surface area contributed by atoms with Gasteiger partial charge in [0.2, 0.25) is 0 Å². The summed E-state index contributed by atoms with van der Waals surface area (Å²) in [5.74, 6) is 0.684. The van der Waals surface area contributed by atoms with Gasteiger partial charge < -0.3 is 15.0 Å². The molecule has 3 rings (SSSR count). The third-order valence-electron chi connectivity index (χ3n) is 4.79. The molecule has 0 saturated carbocycles. The third-order valence-corrected chi connectivity index (χ3v) is 5.29. The van der Waals surface area contributed by atoms with Gasteiger partial charge in [0.25, 0.3) is 5.91 Å². The van der Waals surface area contributed by atoms with Crippen LogP contribution in [0.1, 0.15) is 16.8 Å². The van der Waals surface area contributed by atoms with Crippen LogP contribution in [-0.4, -0.2) is 62.2 Å². The lowest BCUT2D eigenvalue weighted by molar-refractivity contribution is 0.0951. The number of rotatable bonds is 7. The van der Waals surface area contributed by atoms with Crippen molar-refractivity contribution in [2.45, 2.75) is 6.42 Å². The number of hydrogen-bond acceptors (Lipinski definition) is 5. The number of nitrogens with zero attached hydrogens (tertiary/aromatic N) is 3. The molecule has 1 aromatic carbocycles. The van der Waals surface area contributed by atoms with E-state index < -0.39 is 0 Å². The topological polar surface area (TPSA) is 57.7 Å². The van der Waals surface area contributed by atoms with Crippen molar-refractivity contribution in [3.63, 3.8) is 0 Å². The van der Waals surface area contributed by atoms with Crippen LogP contribution in [0.5, 0.6) is 5.75 Å². The minimum atomic E-state index is -0.227. The molecule has 0 unspecified atom stereocenters. The number of nitrogens with one attached hydrogen (secondary N) is 1. The van der Waals surface area contributed by atoms with E-state index in [-0.39, 0.29) is 16.2 Å². The summed E-state index contributed by atoms with van der Waals surface area (Å²) < 4.78 is 5.46. The van der Waals surface area contributed by atoms with Crippen LogP contribution in [0.2, 0.25) is 10.3 Å².